The third kappa shape index (κ3) is 6.14. The Balaban J connectivity index is 1.82. The number of amides is 1. The van der Waals surface area contributed by atoms with Crippen molar-refractivity contribution in [1.29, 1.82) is 0 Å². The SMILES string of the molecule is COc1cc(C=O)ccc1OCC(=O)OCC(=O)Nc1cc(C)cc(C)c1. The van der Waals surface area contributed by atoms with Crippen LogP contribution >= 0.6 is 0 Å². The number of hydrogen-bond acceptors (Lipinski definition) is 6. The Labute approximate surface area is 157 Å². The highest BCUT2D eigenvalue weighted by Gasteiger charge is 2.12. The van der Waals surface area contributed by atoms with Crippen molar-refractivity contribution in [1.82, 2.24) is 0 Å². The largest absolute Gasteiger partial charge is 0.493 e. The molecule has 0 aliphatic carbocycles. The van der Waals surface area contributed by atoms with Crippen molar-refractivity contribution in [2.24, 2.45) is 0 Å². The van der Waals surface area contributed by atoms with Gasteiger partial charge >= 0.3 is 5.97 Å². The monoisotopic (exact) mass is 371 g/mol. The van der Waals surface area contributed by atoms with E-state index in [1.54, 1.807) is 0 Å². The summed E-state index contributed by atoms with van der Waals surface area (Å²) in [6, 6.07) is 10.2. The van der Waals surface area contributed by atoms with Crippen LogP contribution < -0.4 is 14.8 Å². The van der Waals surface area contributed by atoms with Gasteiger partial charge < -0.3 is 19.5 Å². The highest BCUT2D eigenvalue weighted by atomic mass is 16.6. The number of rotatable bonds is 8. The molecule has 7 nitrogen and oxygen atoms in total. The van der Waals surface area contributed by atoms with E-state index in [0.29, 0.717) is 29.0 Å². The molecule has 0 radical (unpaired) electrons. The number of aldehydes is 1. The fourth-order valence-electron chi connectivity index (χ4n) is 2.45. The first-order chi connectivity index (χ1) is 12.9. The van der Waals surface area contributed by atoms with Crippen LogP contribution in [-0.2, 0) is 14.3 Å². The van der Waals surface area contributed by atoms with Crippen molar-refractivity contribution >= 4 is 23.9 Å². The topological polar surface area (TPSA) is 90.9 Å². The van der Waals surface area contributed by atoms with E-state index < -0.39 is 25.1 Å². The molecule has 0 bridgehead atoms. The smallest absolute Gasteiger partial charge is 0.344 e. The number of ether oxygens (including phenoxy) is 3. The van der Waals surface area contributed by atoms with Crippen LogP contribution in [0.15, 0.2) is 36.4 Å². The lowest BCUT2D eigenvalue weighted by molar-refractivity contribution is -0.149. The fourth-order valence-corrected chi connectivity index (χ4v) is 2.45. The molecule has 0 aliphatic rings. The lowest BCUT2D eigenvalue weighted by atomic mass is 10.1. The van der Waals surface area contributed by atoms with Gasteiger partial charge in [0.1, 0.15) is 6.29 Å². The van der Waals surface area contributed by atoms with Crippen molar-refractivity contribution in [3.63, 3.8) is 0 Å². The number of carbonyl (C=O) groups is 3. The first-order valence-corrected chi connectivity index (χ1v) is 8.21. The number of esters is 1. The van der Waals surface area contributed by atoms with Gasteiger partial charge in [0.15, 0.2) is 24.7 Å². The molecule has 7 heteroatoms. The summed E-state index contributed by atoms with van der Waals surface area (Å²) in [6.07, 6.45) is 0.675. The molecule has 0 unspecified atom stereocenters. The van der Waals surface area contributed by atoms with E-state index in [4.69, 9.17) is 14.2 Å². The van der Waals surface area contributed by atoms with E-state index in [1.165, 1.54) is 25.3 Å². The molecule has 0 spiro atoms. The highest BCUT2D eigenvalue weighted by molar-refractivity contribution is 5.93. The van der Waals surface area contributed by atoms with E-state index in [0.717, 1.165) is 11.1 Å². The molecule has 2 rings (SSSR count). The summed E-state index contributed by atoms with van der Waals surface area (Å²) in [7, 11) is 1.42. The Hall–Kier alpha value is -3.35. The van der Waals surface area contributed by atoms with Crippen molar-refractivity contribution in [3.05, 3.63) is 53.1 Å². The van der Waals surface area contributed by atoms with Gasteiger partial charge in [0.2, 0.25) is 0 Å². The summed E-state index contributed by atoms with van der Waals surface area (Å²) in [5.41, 5.74) is 3.10. The lowest BCUT2D eigenvalue weighted by Crippen LogP contribution is -2.23. The molecule has 1 N–H and O–H groups in total. The first kappa shape index (κ1) is 20.0. The second kappa shape index (κ2) is 9.38. The minimum Gasteiger partial charge on any atom is -0.493 e. The van der Waals surface area contributed by atoms with Gasteiger partial charge in [-0.2, -0.15) is 0 Å². The fraction of sp³-hybridized carbons (Fsp3) is 0.250. The maximum Gasteiger partial charge on any atom is 0.344 e. The Kier molecular flexibility index (Phi) is 6.93. The number of hydrogen-bond donors (Lipinski definition) is 1. The molecule has 0 saturated heterocycles. The maximum absolute atomic E-state index is 11.9. The summed E-state index contributed by atoms with van der Waals surface area (Å²) in [5.74, 6) is -0.534. The van der Waals surface area contributed by atoms with Crippen molar-refractivity contribution in [3.8, 4) is 11.5 Å². The van der Waals surface area contributed by atoms with E-state index in [1.807, 2.05) is 32.0 Å². The molecule has 2 aromatic carbocycles. The summed E-state index contributed by atoms with van der Waals surface area (Å²) < 4.78 is 15.3. The normalized spacial score (nSPS) is 10.0. The molecular formula is C20H21NO6. The quantitative estimate of drug-likeness (QED) is 0.567. The second-order valence-electron chi connectivity index (χ2n) is 5.90. The van der Waals surface area contributed by atoms with Gasteiger partial charge in [-0.1, -0.05) is 6.07 Å². The molecular weight excluding hydrogens is 350 g/mol. The molecule has 1 amide bonds. The minimum absolute atomic E-state index is 0.291. The summed E-state index contributed by atoms with van der Waals surface area (Å²) in [4.78, 5) is 34.4. The zero-order chi connectivity index (χ0) is 19.8. The van der Waals surface area contributed by atoms with Crippen LogP contribution in [0.4, 0.5) is 5.69 Å². The summed E-state index contributed by atoms with van der Waals surface area (Å²) in [6.45, 7) is 3.04. The zero-order valence-electron chi connectivity index (χ0n) is 15.4. The van der Waals surface area contributed by atoms with Crippen molar-refractivity contribution in [2.75, 3.05) is 25.6 Å². The first-order valence-electron chi connectivity index (χ1n) is 8.21. The average Bonchev–Trinajstić information content (AvgIpc) is 2.63. The van der Waals surface area contributed by atoms with Crippen molar-refractivity contribution < 1.29 is 28.6 Å². The van der Waals surface area contributed by atoms with Crippen LogP contribution in [0.2, 0.25) is 0 Å². The van der Waals surface area contributed by atoms with Gasteiger partial charge in [-0.25, -0.2) is 4.79 Å². The second-order valence-corrected chi connectivity index (χ2v) is 5.90. The Morgan fingerprint density at radius 1 is 1.00 bits per heavy atom. The molecule has 2 aromatic rings. The number of anilines is 1. The lowest BCUT2D eigenvalue weighted by Gasteiger charge is -2.11. The van der Waals surface area contributed by atoms with Gasteiger partial charge in [0.25, 0.3) is 5.91 Å². The van der Waals surface area contributed by atoms with E-state index in [2.05, 4.69) is 5.32 Å². The molecule has 0 aromatic heterocycles. The van der Waals surface area contributed by atoms with Gasteiger partial charge in [-0.15, -0.1) is 0 Å². The van der Waals surface area contributed by atoms with Gasteiger partial charge in [-0.3, -0.25) is 9.59 Å². The predicted octanol–water partition coefficient (Wildman–Crippen LogP) is 2.69. The highest BCUT2D eigenvalue weighted by Crippen LogP contribution is 2.27. The zero-order valence-corrected chi connectivity index (χ0v) is 15.4. The van der Waals surface area contributed by atoms with Crippen LogP contribution in [0.3, 0.4) is 0 Å². The Morgan fingerprint density at radius 2 is 1.70 bits per heavy atom. The predicted molar refractivity (Wildman–Crippen MR) is 99.4 cm³/mol. The van der Waals surface area contributed by atoms with Crippen LogP contribution in [0.25, 0.3) is 0 Å². The third-order valence-corrected chi connectivity index (χ3v) is 3.54. The number of methoxy groups -OCH3 is 1. The van der Waals surface area contributed by atoms with E-state index in [9.17, 15) is 14.4 Å². The van der Waals surface area contributed by atoms with Crippen LogP contribution in [0, 0.1) is 13.8 Å². The van der Waals surface area contributed by atoms with Crippen molar-refractivity contribution in [2.45, 2.75) is 13.8 Å². The Morgan fingerprint density at radius 3 is 2.33 bits per heavy atom. The molecule has 142 valence electrons. The summed E-state index contributed by atoms with van der Waals surface area (Å²) in [5, 5.41) is 2.67. The average molecular weight is 371 g/mol. The minimum atomic E-state index is -0.702. The molecule has 0 fully saturated rings. The van der Waals surface area contributed by atoms with Gasteiger partial charge in [-0.05, 0) is 55.3 Å². The standard InChI is InChI=1S/C20H21NO6/c1-13-6-14(2)8-16(7-13)21-19(23)11-27-20(24)12-26-17-5-4-15(10-22)9-18(17)25-3/h4-10H,11-12H2,1-3H3,(H,21,23). The van der Waals surface area contributed by atoms with Crippen LogP contribution in [-0.4, -0.2) is 38.5 Å². The Bertz CT molecular complexity index is 826. The van der Waals surface area contributed by atoms with E-state index in [-0.39, 0.29) is 0 Å². The number of nitrogens with one attached hydrogen (secondary N) is 1. The maximum atomic E-state index is 11.9. The molecule has 27 heavy (non-hydrogen) atoms. The number of benzene rings is 2. The van der Waals surface area contributed by atoms with Crippen LogP contribution in [0.5, 0.6) is 11.5 Å². The van der Waals surface area contributed by atoms with E-state index >= 15 is 0 Å². The summed E-state index contributed by atoms with van der Waals surface area (Å²) >= 11 is 0. The molecule has 0 aliphatic heterocycles. The van der Waals surface area contributed by atoms with Gasteiger partial charge in [0, 0.05) is 11.3 Å². The molecule has 0 heterocycles. The molecule has 0 atom stereocenters. The number of carbonyl (C=O) groups excluding carboxylic acids is 3. The third-order valence-electron chi connectivity index (χ3n) is 3.54. The van der Waals surface area contributed by atoms with Crippen LogP contribution in [0.1, 0.15) is 21.5 Å². The molecule has 0 saturated carbocycles. The van der Waals surface area contributed by atoms with Gasteiger partial charge in [0.05, 0.1) is 7.11 Å². The number of aryl methyl sites for hydroxylation is 2.